The van der Waals surface area contributed by atoms with E-state index in [1.165, 1.54) is 6.07 Å². The lowest BCUT2D eigenvalue weighted by atomic mass is 10.1. The fourth-order valence-corrected chi connectivity index (χ4v) is 3.53. The average Bonchev–Trinajstić information content (AvgIpc) is 2.50. The van der Waals surface area contributed by atoms with E-state index in [-0.39, 0.29) is 18.5 Å². The Morgan fingerprint density at radius 1 is 1.43 bits per heavy atom. The van der Waals surface area contributed by atoms with E-state index in [9.17, 15) is 13.2 Å². The number of sulfonamides is 1. The molecule has 2 rings (SSSR count). The van der Waals surface area contributed by atoms with E-state index >= 15 is 0 Å². The molecule has 0 radical (unpaired) electrons. The number of fused-ring (bicyclic) bond motifs is 1. The number of anilines is 1. The minimum atomic E-state index is -3.55. The largest absolute Gasteiger partial charge is 0.476 e. The number of carbonyl (C=O) groups is 1. The maximum Gasteiger partial charge on any atom is 0.263 e. The number of benzene rings is 1. The third kappa shape index (κ3) is 4.09. The van der Waals surface area contributed by atoms with Gasteiger partial charge in [-0.15, -0.1) is 0 Å². The van der Waals surface area contributed by atoms with Gasteiger partial charge in [-0.05, 0) is 31.0 Å². The third-order valence-corrected chi connectivity index (χ3v) is 5.20. The topological polar surface area (TPSA) is 75.7 Å². The number of halogens is 1. The predicted molar refractivity (Wildman–Crippen MR) is 90.6 cm³/mol. The van der Waals surface area contributed by atoms with Gasteiger partial charge in [-0.3, -0.25) is 9.10 Å². The summed E-state index contributed by atoms with van der Waals surface area (Å²) in [5.74, 6) is 0.0173. The van der Waals surface area contributed by atoms with Crippen LogP contribution in [-0.4, -0.2) is 39.3 Å². The molecule has 1 amide bonds. The smallest absolute Gasteiger partial charge is 0.263 e. The zero-order valence-corrected chi connectivity index (χ0v) is 14.9. The third-order valence-electron chi connectivity index (χ3n) is 3.82. The van der Waals surface area contributed by atoms with E-state index < -0.39 is 16.1 Å². The lowest BCUT2D eigenvalue weighted by Gasteiger charge is -2.34. The second-order valence-corrected chi connectivity index (χ2v) is 7.88. The maximum atomic E-state index is 12.4. The summed E-state index contributed by atoms with van der Waals surface area (Å²) in [5.41, 5.74) is 0.353. The number of amides is 1. The quantitative estimate of drug-likeness (QED) is 0.873. The monoisotopic (exact) mass is 360 g/mol. The van der Waals surface area contributed by atoms with Gasteiger partial charge < -0.3 is 10.1 Å². The van der Waals surface area contributed by atoms with Crippen LogP contribution in [0.2, 0.25) is 5.02 Å². The number of rotatable bonds is 5. The summed E-state index contributed by atoms with van der Waals surface area (Å²) in [6.45, 7) is 3.89. The summed E-state index contributed by atoms with van der Waals surface area (Å²) in [6.07, 6.45) is 1.81. The molecule has 6 nitrogen and oxygen atoms in total. The lowest BCUT2D eigenvalue weighted by Crippen LogP contribution is -2.52. The number of nitrogens with zero attached hydrogens (tertiary/aromatic N) is 1. The summed E-state index contributed by atoms with van der Waals surface area (Å²) >= 11 is 5.94. The summed E-state index contributed by atoms with van der Waals surface area (Å²) in [7, 11) is -3.55. The summed E-state index contributed by atoms with van der Waals surface area (Å²) < 4.78 is 31.0. The van der Waals surface area contributed by atoms with Crippen LogP contribution in [0.3, 0.4) is 0 Å². The molecule has 1 aromatic carbocycles. The SMILES string of the molecule is CCC(CC)NC(=O)C1CN(S(C)(=O)=O)c2cc(Cl)ccc2O1. The molecule has 0 fully saturated rings. The predicted octanol–water partition coefficient (Wildman–Crippen LogP) is 2.17. The molecule has 1 atom stereocenters. The Labute approximate surface area is 141 Å². The first-order valence-corrected chi connectivity index (χ1v) is 9.73. The van der Waals surface area contributed by atoms with Crippen LogP contribution in [0.25, 0.3) is 0 Å². The highest BCUT2D eigenvalue weighted by Crippen LogP contribution is 2.37. The van der Waals surface area contributed by atoms with Crippen LogP contribution in [-0.2, 0) is 14.8 Å². The van der Waals surface area contributed by atoms with Crippen molar-refractivity contribution in [3.05, 3.63) is 23.2 Å². The van der Waals surface area contributed by atoms with Crippen LogP contribution in [0.5, 0.6) is 5.75 Å². The van der Waals surface area contributed by atoms with E-state index in [1.54, 1.807) is 12.1 Å². The number of nitrogens with one attached hydrogen (secondary N) is 1. The second kappa shape index (κ2) is 6.97. The van der Waals surface area contributed by atoms with Gasteiger partial charge in [-0.25, -0.2) is 8.42 Å². The van der Waals surface area contributed by atoms with Gasteiger partial charge in [0, 0.05) is 11.1 Å². The molecule has 128 valence electrons. The lowest BCUT2D eigenvalue weighted by molar-refractivity contribution is -0.128. The highest BCUT2D eigenvalue weighted by atomic mass is 35.5. The van der Waals surface area contributed by atoms with E-state index in [0.717, 1.165) is 23.4 Å². The number of ether oxygens (including phenoxy) is 1. The first-order valence-electron chi connectivity index (χ1n) is 7.50. The molecule has 0 aliphatic carbocycles. The van der Waals surface area contributed by atoms with E-state index in [0.29, 0.717) is 16.5 Å². The Morgan fingerprint density at radius 3 is 2.65 bits per heavy atom. The van der Waals surface area contributed by atoms with Crippen molar-refractivity contribution in [2.75, 3.05) is 17.1 Å². The summed E-state index contributed by atoms with van der Waals surface area (Å²) in [5, 5.41) is 3.29. The minimum absolute atomic E-state index is 0.0457. The van der Waals surface area contributed by atoms with Gasteiger partial charge in [0.05, 0.1) is 18.5 Å². The first-order chi connectivity index (χ1) is 10.8. The standard InChI is InChI=1S/C15H21ClN2O4S/c1-4-11(5-2)17-15(19)14-9-18(23(3,20)21)12-8-10(16)6-7-13(12)22-14/h6-8,11,14H,4-5,9H2,1-3H3,(H,17,19). The molecule has 0 saturated carbocycles. The molecule has 1 unspecified atom stereocenters. The molecule has 1 heterocycles. The molecule has 0 aromatic heterocycles. The van der Waals surface area contributed by atoms with Crippen LogP contribution < -0.4 is 14.4 Å². The zero-order chi connectivity index (χ0) is 17.2. The first kappa shape index (κ1) is 17.9. The van der Waals surface area contributed by atoms with E-state index in [1.807, 2.05) is 13.8 Å². The van der Waals surface area contributed by atoms with Crippen molar-refractivity contribution in [2.24, 2.45) is 0 Å². The maximum absolute atomic E-state index is 12.4. The molecular weight excluding hydrogens is 340 g/mol. The fraction of sp³-hybridized carbons (Fsp3) is 0.533. The Morgan fingerprint density at radius 2 is 2.09 bits per heavy atom. The molecule has 1 aliphatic heterocycles. The van der Waals surface area contributed by atoms with Crippen molar-refractivity contribution in [3.8, 4) is 5.75 Å². The van der Waals surface area contributed by atoms with Gasteiger partial charge in [0.15, 0.2) is 6.10 Å². The van der Waals surface area contributed by atoms with Crippen LogP contribution in [0.4, 0.5) is 5.69 Å². The van der Waals surface area contributed by atoms with E-state index in [4.69, 9.17) is 16.3 Å². The van der Waals surface area contributed by atoms with Crippen molar-refractivity contribution >= 4 is 33.2 Å². The molecule has 0 spiro atoms. The van der Waals surface area contributed by atoms with Crippen molar-refractivity contribution in [1.82, 2.24) is 5.32 Å². The molecule has 1 aliphatic rings. The highest BCUT2D eigenvalue weighted by Gasteiger charge is 2.35. The number of carbonyl (C=O) groups excluding carboxylic acids is 1. The van der Waals surface area contributed by atoms with Crippen molar-refractivity contribution < 1.29 is 17.9 Å². The van der Waals surface area contributed by atoms with Crippen molar-refractivity contribution in [2.45, 2.75) is 38.8 Å². The molecular formula is C15H21ClN2O4S. The average molecular weight is 361 g/mol. The summed E-state index contributed by atoms with van der Waals surface area (Å²) in [4.78, 5) is 12.4. The van der Waals surface area contributed by atoms with Crippen LogP contribution in [0, 0.1) is 0 Å². The highest BCUT2D eigenvalue weighted by molar-refractivity contribution is 7.92. The zero-order valence-electron chi connectivity index (χ0n) is 13.4. The van der Waals surface area contributed by atoms with Gasteiger partial charge in [-0.1, -0.05) is 25.4 Å². The Kier molecular flexibility index (Phi) is 5.41. The fourth-order valence-electron chi connectivity index (χ4n) is 2.46. The number of hydrogen-bond acceptors (Lipinski definition) is 4. The molecule has 1 N–H and O–H groups in total. The van der Waals surface area contributed by atoms with E-state index in [2.05, 4.69) is 5.32 Å². The molecule has 1 aromatic rings. The second-order valence-electron chi connectivity index (χ2n) is 5.53. The van der Waals surface area contributed by atoms with Gasteiger partial charge >= 0.3 is 0 Å². The Balaban J connectivity index is 2.30. The molecule has 0 saturated heterocycles. The summed E-state index contributed by atoms with van der Waals surface area (Å²) in [6, 6.07) is 4.74. The molecule has 0 bridgehead atoms. The Hall–Kier alpha value is -1.47. The van der Waals surface area contributed by atoms with Crippen molar-refractivity contribution in [1.29, 1.82) is 0 Å². The minimum Gasteiger partial charge on any atom is -0.476 e. The van der Waals surface area contributed by atoms with Crippen LogP contribution in [0.1, 0.15) is 26.7 Å². The molecule has 23 heavy (non-hydrogen) atoms. The van der Waals surface area contributed by atoms with Crippen LogP contribution in [0.15, 0.2) is 18.2 Å². The number of hydrogen-bond donors (Lipinski definition) is 1. The van der Waals surface area contributed by atoms with Gasteiger partial charge in [0.1, 0.15) is 5.75 Å². The molecule has 8 heteroatoms. The van der Waals surface area contributed by atoms with Gasteiger partial charge in [0.25, 0.3) is 5.91 Å². The van der Waals surface area contributed by atoms with Gasteiger partial charge in [0.2, 0.25) is 10.0 Å². The normalized spacial score (nSPS) is 17.6. The van der Waals surface area contributed by atoms with Crippen molar-refractivity contribution in [3.63, 3.8) is 0 Å². The van der Waals surface area contributed by atoms with Crippen LogP contribution >= 0.6 is 11.6 Å². The Bertz CT molecular complexity index is 689. The van der Waals surface area contributed by atoms with Gasteiger partial charge in [-0.2, -0.15) is 0 Å².